The number of fused-ring (bicyclic) bond motifs is 1. The molecule has 222 valence electrons. The van der Waals surface area contributed by atoms with Crippen LogP contribution in [0.15, 0.2) is 66.7 Å². The van der Waals surface area contributed by atoms with E-state index in [4.69, 9.17) is 4.74 Å². The lowest BCUT2D eigenvalue weighted by Crippen LogP contribution is -2.58. The van der Waals surface area contributed by atoms with Crippen LogP contribution in [0.1, 0.15) is 64.0 Å². The Morgan fingerprint density at radius 1 is 1.02 bits per heavy atom. The minimum absolute atomic E-state index is 0.0539. The van der Waals surface area contributed by atoms with Crippen molar-refractivity contribution in [3.8, 4) is 0 Å². The number of anilines is 1. The van der Waals surface area contributed by atoms with Gasteiger partial charge in [-0.05, 0) is 53.9 Å². The van der Waals surface area contributed by atoms with Crippen molar-refractivity contribution in [2.45, 2.75) is 83.1 Å². The van der Waals surface area contributed by atoms with Gasteiger partial charge in [0.15, 0.2) is 0 Å². The van der Waals surface area contributed by atoms with Crippen LogP contribution in [-0.4, -0.2) is 53.0 Å². The third-order valence-corrected chi connectivity index (χ3v) is 10.3. The van der Waals surface area contributed by atoms with Crippen molar-refractivity contribution in [3.63, 3.8) is 0 Å². The van der Waals surface area contributed by atoms with E-state index < -0.39 is 29.6 Å². The van der Waals surface area contributed by atoms with Gasteiger partial charge in [0, 0.05) is 18.3 Å². The lowest BCUT2D eigenvalue weighted by Gasteiger charge is -2.38. The van der Waals surface area contributed by atoms with Gasteiger partial charge in [-0.3, -0.25) is 14.4 Å². The van der Waals surface area contributed by atoms with E-state index in [1.807, 2.05) is 66.7 Å². The van der Waals surface area contributed by atoms with E-state index in [0.29, 0.717) is 36.4 Å². The molecule has 2 N–H and O–H groups in total. The molecule has 2 saturated heterocycles. The van der Waals surface area contributed by atoms with Gasteiger partial charge in [0.1, 0.15) is 11.6 Å². The first-order chi connectivity index (χ1) is 20.2. The first kappa shape index (κ1) is 28.7. The van der Waals surface area contributed by atoms with E-state index >= 15 is 0 Å². The third-order valence-electron chi connectivity index (χ3n) is 10.3. The molecule has 8 atom stereocenters. The Hall–Kier alpha value is -3.45. The van der Waals surface area contributed by atoms with Gasteiger partial charge in [0.25, 0.3) is 0 Å². The third kappa shape index (κ3) is 4.96. The molecule has 2 aromatic rings. The number of nitrogens with zero attached hydrogens (tertiary/aromatic N) is 1. The molecule has 4 aliphatic rings. The Morgan fingerprint density at radius 2 is 1.76 bits per heavy atom. The van der Waals surface area contributed by atoms with Crippen molar-refractivity contribution in [3.05, 3.63) is 77.9 Å². The van der Waals surface area contributed by atoms with Crippen LogP contribution in [0.3, 0.4) is 0 Å². The average Bonchev–Trinajstić information content (AvgIpc) is 3.62. The van der Waals surface area contributed by atoms with Crippen molar-refractivity contribution in [2.75, 3.05) is 11.9 Å². The van der Waals surface area contributed by atoms with Gasteiger partial charge in [0.2, 0.25) is 17.7 Å². The predicted molar refractivity (Wildman–Crippen MR) is 163 cm³/mol. The molecule has 0 unspecified atom stereocenters. The summed E-state index contributed by atoms with van der Waals surface area (Å²) >= 11 is 0. The highest BCUT2D eigenvalue weighted by Gasteiger charge is 2.72. The molecule has 2 aromatic carbocycles. The maximum Gasteiger partial charge on any atom is 0.246 e. The fraction of sp³-hybridized carbons (Fsp3) is 0.514. The summed E-state index contributed by atoms with van der Waals surface area (Å²) in [7, 11) is 0. The predicted octanol–water partition coefficient (Wildman–Crippen LogP) is 5.08. The maximum absolute atomic E-state index is 14.3. The highest BCUT2D eigenvalue weighted by Crippen LogP contribution is 2.55. The Labute approximate surface area is 249 Å². The number of nitrogens with one attached hydrogen (secondary N) is 2. The molecule has 3 heterocycles. The van der Waals surface area contributed by atoms with E-state index in [1.165, 1.54) is 5.56 Å². The summed E-state index contributed by atoms with van der Waals surface area (Å²) < 4.78 is 6.53. The quantitative estimate of drug-likeness (QED) is 0.434. The summed E-state index contributed by atoms with van der Waals surface area (Å²) in [6.07, 6.45) is 7.00. The van der Waals surface area contributed by atoms with Crippen molar-refractivity contribution >= 4 is 23.4 Å². The van der Waals surface area contributed by atoms with Gasteiger partial charge in [-0.15, -0.1) is 0 Å². The van der Waals surface area contributed by atoms with Crippen molar-refractivity contribution in [2.24, 2.45) is 23.7 Å². The van der Waals surface area contributed by atoms with Gasteiger partial charge < -0.3 is 20.3 Å². The zero-order valence-corrected chi connectivity index (χ0v) is 25.1. The molecule has 7 nitrogen and oxygen atoms in total. The van der Waals surface area contributed by atoms with Crippen LogP contribution < -0.4 is 10.6 Å². The van der Waals surface area contributed by atoms with Crippen LogP contribution >= 0.6 is 0 Å². The summed E-state index contributed by atoms with van der Waals surface area (Å²) in [5.74, 6) is -0.813. The molecule has 0 radical (unpaired) electrons. The SMILES string of the molecule is CC(C)c1ccc(NC(=O)[C@H]2[C@H]3C=C[C@@]4(O3)[C@H]2C(=O)N(CCc2ccccc2)[C@@H]4C(=O)N[C@@H]2CCC[C@@H](C)[C@H]2C)cc1. The van der Waals surface area contributed by atoms with Gasteiger partial charge in [-0.1, -0.05) is 95.2 Å². The molecule has 1 saturated carbocycles. The molecule has 1 aliphatic carbocycles. The molecule has 42 heavy (non-hydrogen) atoms. The average molecular weight is 570 g/mol. The van der Waals surface area contributed by atoms with Crippen LogP contribution in [0.2, 0.25) is 0 Å². The van der Waals surface area contributed by atoms with E-state index in [-0.39, 0.29) is 23.8 Å². The van der Waals surface area contributed by atoms with Crippen LogP contribution in [0, 0.1) is 23.7 Å². The Balaban J connectivity index is 1.28. The largest absolute Gasteiger partial charge is 0.359 e. The molecular formula is C35H43N3O4. The minimum atomic E-state index is -1.16. The van der Waals surface area contributed by atoms with Gasteiger partial charge in [-0.25, -0.2) is 0 Å². The lowest BCUT2D eigenvalue weighted by molar-refractivity contribution is -0.141. The first-order valence-corrected chi connectivity index (χ1v) is 15.6. The number of hydrogen-bond acceptors (Lipinski definition) is 4. The summed E-state index contributed by atoms with van der Waals surface area (Å²) in [4.78, 5) is 43.9. The van der Waals surface area contributed by atoms with Crippen LogP contribution in [0.25, 0.3) is 0 Å². The zero-order chi connectivity index (χ0) is 29.6. The number of likely N-dealkylation sites (tertiary alicyclic amines) is 1. The summed E-state index contributed by atoms with van der Waals surface area (Å²) in [6.45, 7) is 9.08. The topological polar surface area (TPSA) is 87.7 Å². The van der Waals surface area contributed by atoms with Gasteiger partial charge in [0.05, 0.1) is 17.9 Å². The smallest absolute Gasteiger partial charge is 0.246 e. The van der Waals surface area contributed by atoms with Gasteiger partial charge >= 0.3 is 0 Å². The maximum atomic E-state index is 14.3. The molecule has 7 heteroatoms. The first-order valence-electron chi connectivity index (χ1n) is 15.6. The van der Waals surface area contributed by atoms with E-state index in [9.17, 15) is 14.4 Å². The van der Waals surface area contributed by atoms with E-state index in [1.54, 1.807) is 4.90 Å². The van der Waals surface area contributed by atoms with E-state index in [0.717, 1.165) is 24.8 Å². The molecule has 6 rings (SSSR count). The Kier molecular flexibility index (Phi) is 7.73. The fourth-order valence-corrected chi connectivity index (χ4v) is 7.63. The molecule has 3 fully saturated rings. The minimum Gasteiger partial charge on any atom is -0.359 e. The number of benzene rings is 2. The molecule has 2 bridgehead atoms. The molecule has 0 aromatic heterocycles. The second-order valence-electron chi connectivity index (χ2n) is 13.1. The monoisotopic (exact) mass is 569 g/mol. The normalized spacial score (nSPS) is 33.2. The highest BCUT2D eigenvalue weighted by molar-refractivity contribution is 6.02. The van der Waals surface area contributed by atoms with Crippen LogP contribution in [0.4, 0.5) is 5.69 Å². The highest BCUT2D eigenvalue weighted by atomic mass is 16.5. The van der Waals surface area contributed by atoms with Crippen LogP contribution in [-0.2, 0) is 25.5 Å². The van der Waals surface area contributed by atoms with Gasteiger partial charge in [-0.2, -0.15) is 0 Å². The molecule has 1 spiro atoms. The second-order valence-corrected chi connectivity index (χ2v) is 13.1. The van der Waals surface area contributed by atoms with E-state index in [2.05, 4.69) is 38.3 Å². The Morgan fingerprint density at radius 3 is 2.48 bits per heavy atom. The summed E-state index contributed by atoms with van der Waals surface area (Å²) in [5, 5.41) is 6.36. The van der Waals surface area contributed by atoms with Crippen molar-refractivity contribution in [1.82, 2.24) is 10.2 Å². The number of carbonyl (C=O) groups is 3. The Bertz CT molecular complexity index is 1360. The number of amides is 3. The number of rotatable bonds is 8. The molecule has 3 amide bonds. The number of hydrogen-bond donors (Lipinski definition) is 2. The second kappa shape index (κ2) is 11.3. The lowest BCUT2D eigenvalue weighted by atomic mass is 9.73. The summed E-state index contributed by atoms with van der Waals surface area (Å²) in [6, 6.07) is 17.0. The van der Waals surface area contributed by atoms with Crippen molar-refractivity contribution in [1.29, 1.82) is 0 Å². The summed E-state index contributed by atoms with van der Waals surface area (Å²) in [5.41, 5.74) is 1.81. The van der Waals surface area contributed by atoms with Crippen LogP contribution in [0.5, 0.6) is 0 Å². The number of carbonyl (C=O) groups excluding carboxylic acids is 3. The molecular weight excluding hydrogens is 526 g/mol. The number of ether oxygens (including phenoxy) is 1. The van der Waals surface area contributed by atoms with Crippen molar-refractivity contribution < 1.29 is 19.1 Å². The fourth-order valence-electron chi connectivity index (χ4n) is 7.63. The zero-order valence-electron chi connectivity index (χ0n) is 25.1. The standard InChI is InChI=1S/C35H43N3O4/c1-21(2)25-13-15-26(16-14-25)36-32(39)29-28-17-19-35(42-28)30(29)34(41)38(20-18-24-10-6-5-7-11-24)31(35)33(40)37-27-12-8-9-22(3)23(27)4/h5-7,10-11,13-17,19,21-23,27-31H,8-9,12,18,20H2,1-4H3,(H,36,39)(H,37,40)/t22-,23-,27-,28-,29+,30-,31-,35-/m1/s1. The molecule has 3 aliphatic heterocycles.